The van der Waals surface area contributed by atoms with E-state index in [0.29, 0.717) is 17.0 Å². The van der Waals surface area contributed by atoms with Crippen molar-refractivity contribution >= 4 is 34.3 Å². The molecule has 12 nitrogen and oxygen atoms in total. The normalized spacial score (nSPS) is 16.4. The number of aromatic nitrogens is 3. The number of methoxy groups -OCH3 is 1. The number of rotatable bonds is 10. The molecule has 1 aliphatic carbocycles. The molecule has 0 radical (unpaired) electrons. The van der Waals surface area contributed by atoms with Crippen LogP contribution in [0, 0.1) is 0 Å². The SMILES string of the molecule is CCOc1c(C(N)=O)cc([C@](O)(CNC(=O)c2cc(OC)c3nn(C4CC4)cc3c2)C(F)(F)F)nc1-c1cc2c(cc1Cl)OC(F)(F)O2. The van der Waals surface area contributed by atoms with Crippen molar-refractivity contribution in [2.24, 2.45) is 5.73 Å². The molecule has 48 heavy (non-hydrogen) atoms. The Hall–Kier alpha value is -4.90. The zero-order chi connectivity index (χ0) is 34.8. The molecule has 1 fully saturated rings. The Labute approximate surface area is 272 Å². The van der Waals surface area contributed by atoms with Crippen molar-refractivity contribution in [1.29, 1.82) is 0 Å². The zero-order valence-corrected chi connectivity index (χ0v) is 25.7. The van der Waals surface area contributed by atoms with Gasteiger partial charge < -0.3 is 35.1 Å². The molecule has 2 amide bonds. The van der Waals surface area contributed by atoms with Crippen LogP contribution < -0.4 is 30.0 Å². The lowest BCUT2D eigenvalue weighted by Crippen LogP contribution is -2.51. The lowest BCUT2D eigenvalue weighted by Gasteiger charge is -2.31. The standard InChI is InChI=1S/C30H25ClF5N5O7/c1-3-46-25-17(26(37)42)9-22(39-24(25)16-8-19-20(10-18(16)31)48-30(35,36)47-19)28(44,29(32,33)34)12-38-27(43)13-6-14-11-41(15-4-5-15)40-23(14)21(7-13)45-2/h6-11,15,44H,3-5,12H2,1-2H3,(H2,37,42)(H,38,43)/t28-/m1/s1. The lowest BCUT2D eigenvalue weighted by atomic mass is 9.94. The second-order valence-corrected chi connectivity index (χ2v) is 11.4. The van der Waals surface area contributed by atoms with E-state index >= 15 is 0 Å². The minimum absolute atomic E-state index is 0.0960. The molecule has 0 bridgehead atoms. The molecule has 18 heteroatoms. The van der Waals surface area contributed by atoms with Gasteiger partial charge in [-0.2, -0.15) is 18.3 Å². The summed E-state index contributed by atoms with van der Waals surface area (Å²) in [6.45, 7) is -0.159. The van der Waals surface area contributed by atoms with Crippen LogP contribution in [-0.4, -0.2) is 64.4 Å². The first-order valence-corrected chi connectivity index (χ1v) is 14.6. The summed E-state index contributed by atoms with van der Waals surface area (Å²) in [5, 5.41) is 17.9. The molecule has 3 heterocycles. The second kappa shape index (κ2) is 11.7. The number of nitrogens with one attached hydrogen (secondary N) is 1. The van der Waals surface area contributed by atoms with Gasteiger partial charge in [0.15, 0.2) is 17.2 Å². The van der Waals surface area contributed by atoms with Crippen molar-refractivity contribution < 1.29 is 55.6 Å². The van der Waals surface area contributed by atoms with Crippen molar-refractivity contribution in [2.75, 3.05) is 20.3 Å². The monoisotopic (exact) mass is 697 g/mol. The number of primary amides is 1. The number of ether oxygens (including phenoxy) is 4. The van der Waals surface area contributed by atoms with Crippen molar-refractivity contribution in [3.8, 4) is 34.3 Å². The highest BCUT2D eigenvalue weighted by atomic mass is 35.5. The second-order valence-electron chi connectivity index (χ2n) is 11.0. The largest absolute Gasteiger partial charge is 0.586 e. The fraction of sp³-hybridized carbons (Fsp3) is 0.333. The van der Waals surface area contributed by atoms with Gasteiger partial charge in [0.25, 0.3) is 11.8 Å². The molecule has 2 aromatic heterocycles. The predicted octanol–water partition coefficient (Wildman–Crippen LogP) is 5.09. The van der Waals surface area contributed by atoms with Gasteiger partial charge in [-0.15, -0.1) is 8.78 Å². The van der Waals surface area contributed by atoms with Gasteiger partial charge in [-0.1, -0.05) is 11.6 Å². The van der Waals surface area contributed by atoms with Crippen LogP contribution in [0.1, 0.15) is 52.2 Å². The van der Waals surface area contributed by atoms with Crippen molar-refractivity contribution in [1.82, 2.24) is 20.1 Å². The number of alkyl halides is 5. The van der Waals surface area contributed by atoms with E-state index in [0.717, 1.165) is 25.0 Å². The van der Waals surface area contributed by atoms with Gasteiger partial charge in [0, 0.05) is 28.8 Å². The molecule has 0 saturated heterocycles. The maximum absolute atomic E-state index is 14.7. The number of nitrogens with two attached hydrogens (primary N) is 1. The molecule has 2 aromatic carbocycles. The van der Waals surface area contributed by atoms with E-state index in [9.17, 15) is 36.6 Å². The number of hydrogen-bond acceptors (Lipinski definition) is 9. The summed E-state index contributed by atoms with van der Waals surface area (Å²) in [4.78, 5) is 29.7. The number of aliphatic hydroxyl groups is 1. The van der Waals surface area contributed by atoms with Gasteiger partial charge in [-0.3, -0.25) is 14.3 Å². The summed E-state index contributed by atoms with van der Waals surface area (Å²) < 4.78 is 93.1. The number of hydrogen-bond donors (Lipinski definition) is 3. The molecule has 4 N–H and O–H groups in total. The smallest absolute Gasteiger partial charge is 0.494 e. The maximum Gasteiger partial charge on any atom is 0.586 e. The van der Waals surface area contributed by atoms with Crippen LogP contribution in [0.25, 0.3) is 22.2 Å². The summed E-state index contributed by atoms with van der Waals surface area (Å²) >= 11 is 6.30. The first-order chi connectivity index (χ1) is 22.5. The van der Waals surface area contributed by atoms with Crippen LogP contribution in [0.15, 0.2) is 36.5 Å². The molecule has 254 valence electrons. The molecule has 0 spiro atoms. The van der Waals surface area contributed by atoms with Gasteiger partial charge in [0.2, 0.25) is 5.60 Å². The minimum Gasteiger partial charge on any atom is -0.494 e. The highest BCUT2D eigenvalue weighted by Crippen LogP contribution is 2.49. The van der Waals surface area contributed by atoms with Crippen LogP contribution in [0.3, 0.4) is 0 Å². The lowest BCUT2D eigenvalue weighted by molar-refractivity contribution is -0.286. The molecular weight excluding hydrogens is 673 g/mol. The Morgan fingerprint density at radius 2 is 1.85 bits per heavy atom. The number of fused-ring (bicyclic) bond motifs is 2. The molecule has 1 saturated carbocycles. The van der Waals surface area contributed by atoms with Gasteiger partial charge in [0.1, 0.15) is 17.0 Å². The average molecular weight is 698 g/mol. The Bertz CT molecular complexity index is 1970. The van der Waals surface area contributed by atoms with Gasteiger partial charge in [-0.05, 0) is 44.0 Å². The number of pyridine rings is 1. The number of benzene rings is 2. The van der Waals surface area contributed by atoms with E-state index in [1.807, 2.05) is 0 Å². The Morgan fingerprint density at radius 3 is 2.46 bits per heavy atom. The third-order valence-corrected chi connectivity index (χ3v) is 7.98. The zero-order valence-electron chi connectivity index (χ0n) is 25.0. The van der Waals surface area contributed by atoms with E-state index in [-0.39, 0.29) is 34.5 Å². The first-order valence-electron chi connectivity index (χ1n) is 14.3. The highest BCUT2D eigenvalue weighted by molar-refractivity contribution is 6.33. The number of halogens is 6. The van der Waals surface area contributed by atoms with E-state index < -0.39 is 70.6 Å². The predicted molar refractivity (Wildman–Crippen MR) is 157 cm³/mol. The summed E-state index contributed by atoms with van der Waals surface area (Å²) in [6.07, 6.45) is -6.04. The third kappa shape index (κ3) is 5.87. The highest BCUT2D eigenvalue weighted by Gasteiger charge is 2.57. The number of carbonyl (C=O) groups excluding carboxylic acids is 2. The maximum atomic E-state index is 14.7. The van der Waals surface area contributed by atoms with E-state index in [4.69, 9.17) is 26.8 Å². The van der Waals surface area contributed by atoms with Crippen molar-refractivity contribution in [2.45, 2.75) is 43.9 Å². The summed E-state index contributed by atoms with van der Waals surface area (Å²) in [5.41, 5.74) is -0.847. The van der Waals surface area contributed by atoms with Crippen LogP contribution >= 0.6 is 11.6 Å². The fourth-order valence-corrected chi connectivity index (χ4v) is 5.38. The van der Waals surface area contributed by atoms with Gasteiger partial charge >= 0.3 is 12.5 Å². The quantitative estimate of drug-likeness (QED) is 0.192. The van der Waals surface area contributed by atoms with Gasteiger partial charge in [-0.25, -0.2) is 4.98 Å². The molecule has 2 aliphatic rings. The van der Waals surface area contributed by atoms with Crippen LogP contribution in [0.5, 0.6) is 23.0 Å². The Kier molecular flexibility index (Phi) is 8.02. The average Bonchev–Trinajstić information content (AvgIpc) is 3.70. The van der Waals surface area contributed by atoms with E-state index in [2.05, 4.69) is 24.9 Å². The molecule has 6 rings (SSSR count). The Balaban J connectivity index is 1.41. The molecule has 0 unspecified atom stereocenters. The van der Waals surface area contributed by atoms with Gasteiger partial charge in [0.05, 0.1) is 42.6 Å². The third-order valence-electron chi connectivity index (χ3n) is 7.67. The topological polar surface area (TPSA) is 160 Å². The molecular formula is C30H25ClF5N5O7. The van der Waals surface area contributed by atoms with E-state index in [1.165, 1.54) is 26.2 Å². The van der Waals surface area contributed by atoms with Crippen LogP contribution in [0.4, 0.5) is 22.0 Å². The van der Waals surface area contributed by atoms with Crippen LogP contribution in [0.2, 0.25) is 5.02 Å². The summed E-state index contributed by atoms with van der Waals surface area (Å²) in [7, 11) is 1.35. The van der Waals surface area contributed by atoms with E-state index in [1.54, 1.807) is 10.9 Å². The molecule has 1 atom stereocenters. The fourth-order valence-electron chi connectivity index (χ4n) is 5.13. The van der Waals surface area contributed by atoms with Crippen molar-refractivity contribution in [3.05, 3.63) is 58.4 Å². The Morgan fingerprint density at radius 1 is 1.17 bits per heavy atom. The molecule has 4 aromatic rings. The van der Waals surface area contributed by atoms with Crippen LogP contribution in [-0.2, 0) is 5.60 Å². The van der Waals surface area contributed by atoms with Crippen molar-refractivity contribution in [3.63, 3.8) is 0 Å². The number of carbonyl (C=O) groups is 2. The molecule has 1 aliphatic heterocycles. The minimum atomic E-state index is -5.51. The first kappa shape index (κ1) is 33.0. The summed E-state index contributed by atoms with van der Waals surface area (Å²) in [5.74, 6) is -3.59. The summed E-state index contributed by atoms with van der Waals surface area (Å²) in [6, 6.07) is 5.25. The number of amides is 2. The number of nitrogens with zero attached hydrogens (tertiary/aromatic N) is 3.